The zero-order chi connectivity index (χ0) is 45.9. The molecule has 0 bridgehead atoms. The van der Waals surface area contributed by atoms with Crippen molar-refractivity contribution in [2.24, 2.45) is 0 Å². The molecule has 2 saturated carbocycles. The fourth-order valence-electron chi connectivity index (χ4n) is 10.3. The van der Waals surface area contributed by atoms with Crippen LogP contribution in [0.1, 0.15) is 109 Å². The molecule has 2 N–H and O–H groups in total. The first-order chi connectivity index (χ1) is 31.5. The van der Waals surface area contributed by atoms with Crippen LogP contribution in [-0.2, 0) is 37.1 Å². The Bertz CT molecular complexity index is 1870. The van der Waals surface area contributed by atoms with Gasteiger partial charge in [-0.15, -0.1) is 0 Å². The van der Waals surface area contributed by atoms with Gasteiger partial charge in [0.2, 0.25) is 11.8 Å². The molecule has 15 nitrogen and oxygen atoms in total. The van der Waals surface area contributed by atoms with Crippen molar-refractivity contribution in [1.29, 1.82) is 0 Å². The van der Waals surface area contributed by atoms with Gasteiger partial charge in [-0.05, 0) is 96.1 Å². The van der Waals surface area contributed by atoms with Crippen molar-refractivity contribution in [2.75, 3.05) is 52.4 Å². The van der Waals surface area contributed by atoms with Crippen molar-refractivity contribution in [3.05, 3.63) is 71.8 Å². The Balaban J connectivity index is 0.000000151. The molecule has 2 aromatic rings. The molecule has 65 heavy (non-hydrogen) atoms. The summed E-state index contributed by atoms with van der Waals surface area (Å²) < 4.78 is 10.7. The lowest BCUT2D eigenvalue weighted by molar-refractivity contribution is -0.142. The summed E-state index contributed by atoms with van der Waals surface area (Å²) in [5.41, 5.74) is 1.84. The second kappa shape index (κ2) is 23.1. The standard InChI is InChI=1S/C22H31N3O3.C14H25N3O.C14H17NO4/c1-17-10-11-20(25(17)22(27)28-16-18-6-3-2-4-7-18)21(26)24-14-12-23(13-15-24)19-8-5-9-19;1-11-5-6-13(15-11)14(18)17-9-7-16(8-10-17)12-3-2-4-12;1-10-7-8-12(13(16)17)15(10)14(18)19-9-11-5-3-2-4-6-11/h2-4,6-7,17,19-20H,5,8-16H2,1H3;11-13,15H,2-10H2,1H3;2-6,10,12H,7-9H2,1H3,(H,16,17)/t17?,20-;11?,13-;10?,12-/m000/s1. The van der Waals surface area contributed by atoms with Gasteiger partial charge in [0.1, 0.15) is 25.3 Å². The highest BCUT2D eigenvalue weighted by molar-refractivity contribution is 5.86. The van der Waals surface area contributed by atoms with Crippen LogP contribution in [0.3, 0.4) is 0 Å². The van der Waals surface area contributed by atoms with Crippen LogP contribution in [-0.4, -0.2) is 165 Å². The van der Waals surface area contributed by atoms with Crippen molar-refractivity contribution < 1.29 is 38.6 Å². The van der Waals surface area contributed by atoms with E-state index < -0.39 is 18.1 Å². The van der Waals surface area contributed by atoms with E-state index in [1.165, 1.54) is 43.4 Å². The molecule has 0 radical (unpaired) electrons. The van der Waals surface area contributed by atoms with E-state index in [4.69, 9.17) is 14.6 Å². The number of aliphatic carboxylic acids is 1. The van der Waals surface area contributed by atoms with Gasteiger partial charge in [0, 0.05) is 82.6 Å². The number of likely N-dealkylation sites (tertiary alicyclic amines) is 2. The fourth-order valence-corrected chi connectivity index (χ4v) is 10.3. The summed E-state index contributed by atoms with van der Waals surface area (Å²) in [7, 11) is 0. The summed E-state index contributed by atoms with van der Waals surface area (Å²) in [4.78, 5) is 73.4. The van der Waals surface area contributed by atoms with Crippen molar-refractivity contribution in [3.8, 4) is 0 Å². The van der Waals surface area contributed by atoms with Crippen molar-refractivity contribution in [2.45, 2.75) is 159 Å². The van der Waals surface area contributed by atoms with Crippen LogP contribution < -0.4 is 5.32 Å². The number of piperazine rings is 2. The molecule has 0 aromatic heterocycles. The lowest BCUT2D eigenvalue weighted by atomic mass is 9.91. The number of ether oxygens (including phenoxy) is 2. The maximum atomic E-state index is 13.2. The molecule has 0 spiro atoms. The SMILES string of the molecule is CC1CC[C@@H](C(=O)N2CCN(C3CCC3)CC2)N1.CC1CC[C@@H](C(=O)N2CCN(C3CCC3)CC2)N1C(=O)OCc1ccccc1.CC1CC[C@@H](C(=O)O)N1C(=O)OCc1ccccc1. The van der Waals surface area contributed by atoms with Gasteiger partial charge in [-0.1, -0.05) is 73.5 Å². The van der Waals surface area contributed by atoms with E-state index in [0.717, 1.165) is 101 Å². The number of hydrogen-bond donors (Lipinski definition) is 2. The van der Waals surface area contributed by atoms with Crippen LogP contribution in [0.4, 0.5) is 9.59 Å². The molecule has 5 aliphatic heterocycles. The summed E-state index contributed by atoms with van der Waals surface area (Å²) in [6.07, 6.45) is 12.0. The number of nitrogens with one attached hydrogen (secondary N) is 1. The van der Waals surface area contributed by atoms with Crippen LogP contribution in [0, 0.1) is 0 Å². The number of carboxylic acids is 1. The van der Waals surface area contributed by atoms with E-state index >= 15 is 0 Å². The van der Waals surface area contributed by atoms with E-state index in [9.17, 15) is 24.0 Å². The quantitative estimate of drug-likeness (QED) is 0.307. The van der Waals surface area contributed by atoms with E-state index in [1.54, 1.807) is 4.90 Å². The minimum absolute atomic E-state index is 0.0356. The maximum absolute atomic E-state index is 13.2. The monoisotopic (exact) mass is 900 g/mol. The molecular formula is C50H73N7O8. The average molecular weight is 900 g/mol. The van der Waals surface area contributed by atoms with Crippen molar-refractivity contribution in [3.63, 3.8) is 0 Å². The van der Waals surface area contributed by atoms with E-state index in [0.29, 0.717) is 24.8 Å². The molecule has 4 amide bonds. The van der Waals surface area contributed by atoms with Gasteiger partial charge in [0.05, 0.1) is 6.04 Å². The van der Waals surface area contributed by atoms with E-state index in [2.05, 4.69) is 26.9 Å². The van der Waals surface area contributed by atoms with Gasteiger partial charge in [0.25, 0.3) is 0 Å². The highest BCUT2D eigenvalue weighted by Gasteiger charge is 2.43. The first-order valence-corrected chi connectivity index (χ1v) is 24.5. The number of amides is 4. The summed E-state index contributed by atoms with van der Waals surface area (Å²) in [5, 5.41) is 12.5. The molecule has 3 unspecified atom stereocenters. The van der Waals surface area contributed by atoms with Gasteiger partial charge in [0.15, 0.2) is 0 Å². The third-order valence-electron chi connectivity index (χ3n) is 14.8. The summed E-state index contributed by atoms with van der Waals surface area (Å²) in [6, 6.07) is 19.9. The highest BCUT2D eigenvalue weighted by Crippen LogP contribution is 2.30. The van der Waals surface area contributed by atoms with Crippen molar-refractivity contribution in [1.82, 2.24) is 34.7 Å². The number of benzene rings is 2. The Labute approximate surface area is 385 Å². The summed E-state index contributed by atoms with van der Waals surface area (Å²) in [5.74, 6) is -0.539. The van der Waals surface area contributed by atoms with Gasteiger partial charge in [-0.2, -0.15) is 0 Å². The molecule has 7 aliphatic rings. The van der Waals surface area contributed by atoms with Gasteiger partial charge in [-0.3, -0.25) is 29.2 Å². The zero-order valence-electron chi connectivity index (χ0n) is 38.9. The van der Waals surface area contributed by atoms with E-state index in [-0.39, 0.29) is 49.4 Å². The van der Waals surface area contributed by atoms with Crippen LogP contribution in [0.15, 0.2) is 60.7 Å². The van der Waals surface area contributed by atoms with Gasteiger partial charge >= 0.3 is 18.2 Å². The fraction of sp³-hybridized carbons (Fsp3) is 0.660. The predicted molar refractivity (Wildman–Crippen MR) is 247 cm³/mol. The lowest BCUT2D eigenvalue weighted by Gasteiger charge is -2.43. The molecule has 5 saturated heterocycles. The third-order valence-corrected chi connectivity index (χ3v) is 14.8. The second-order valence-electron chi connectivity index (χ2n) is 19.2. The van der Waals surface area contributed by atoms with Crippen LogP contribution >= 0.6 is 0 Å². The minimum Gasteiger partial charge on any atom is -0.480 e. The van der Waals surface area contributed by atoms with Crippen molar-refractivity contribution >= 4 is 30.0 Å². The molecule has 7 fully saturated rings. The Hall–Kier alpha value is -4.73. The summed E-state index contributed by atoms with van der Waals surface area (Å²) in [6.45, 7) is 13.9. The largest absolute Gasteiger partial charge is 0.480 e. The predicted octanol–water partition coefficient (Wildman–Crippen LogP) is 5.96. The molecule has 356 valence electrons. The van der Waals surface area contributed by atoms with Crippen LogP contribution in [0.5, 0.6) is 0 Å². The Morgan fingerprint density at radius 2 is 0.969 bits per heavy atom. The molecular weight excluding hydrogens is 827 g/mol. The highest BCUT2D eigenvalue weighted by atomic mass is 16.6. The normalized spacial score (nSPS) is 27.4. The number of nitrogens with zero attached hydrogens (tertiary/aromatic N) is 6. The number of hydrogen-bond acceptors (Lipinski definition) is 10. The Morgan fingerprint density at radius 3 is 1.37 bits per heavy atom. The molecule has 9 rings (SSSR count). The maximum Gasteiger partial charge on any atom is 0.411 e. The van der Waals surface area contributed by atoms with Gasteiger partial charge < -0.3 is 29.7 Å². The van der Waals surface area contributed by atoms with E-state index in [1.807, 2.05) is 79.4 Å². The third kappa shape index (κ3) is 12.6. The van der Waals surface area contributed by atoms with Crippen LogP contribution in [0.2, 0.25) is 0 Å². The Kier molecular flexibility index (Phi) is 17.2. The first-order valence-electron chi connectivity index (χ1n) is 24.5. The number of carbonyl (C=O) groups is 5. The molecule has 5 heterocycles. The number of rotatable bonds is 9. The average Bonchev–Trinajstić information content (AvgIpc) is 4.02. The number of carboxylic acid groups (broad SMARTS) is 1. The molecule has 6 atom stereocenters. The molecule has 15 heteroatoms. The first kappa shape index (κ1) is 48.2. The lowest BCUT2D eigenvalue weighted by Crippen LogP contribution is -2.57. The topological polar surface area (TPSA) is 156 Å². The zero-order valence-corrected chi connectivity index (χ0v) is 38.9. The molecule has 2 aromatic carbocycles. The second-order valence-corrected chi connectivity index (χ2v) is 19.2. The van der Waals surface area contributed by atoms with Crippen LogP contribution in [0.25, 0.3) is 0 Å². The van der Waals surface area contributed by atoms with Gasteiger partial charge in [-0.25, -0.2) is 14.4 Å². The summed E-state index contributed by atoms with van der Waals surface area (Å²) >= 11 is 0. The molecule has 2 aliphatic carbocycles. The number of carbonyl (C=O) groups excluding carboxylic acids is 4. The Morgan fingerprint density at radius 1 is 0.538 bits per heavy atom. The minimum atomic E-state index is -0.971. The smallest absolute Gasteiger partial charge is 0.411 e.